The number of amides is 1. The highest BCUT2D eigenvalue weighted by atomic mass is 16.6. The first-order valence-electron chi connectivity index (χ1n) is 12.0. The predicted octanol–water partition coefficient (Wildman–Crippen LogP) is 5.13. The molecular formula is C27H32N6O4. The number of nitrogens with zero attached hydrogens (tertiary/aromatic N) is 4. The number of aromatic nitrogens is 4. The summed E-state index contributed by atoms with van der Waals surface area (Å²) >= 11 is 0. The molecule has 10 nitrogen and oxygen atoms in total. The van der Waals surface area contributed by atoms with E-state index in [0.717, 1.165) is 11.3 Å². The van der Waals surface area contributed by atoms with Crippen molar-refractivity contribution in [3.05, 3.63) is 70.9 Å². The molecule has 0 saturated carbocycles. The Bertz CT molecular complexity index is 1450. The van der Waals surface area contributed by atoms with Gasteiger partial charge >= 0.3 is 11.8 Å². The van der Waals surface area contributed by atoms with E-state index in [2.05, 4.69) is 20.6 Å². The van der Waals surface area contributed by atoms with E-state index in [1.165, 1.54) is 6.33 Å². The maximum Gasteiger partial charge on any atom is 0.412 e. The molecule has 0 unspecified atom stereocenters. The van der Waals surface area contributed by atoms with Gasteiger partial charge in [0.25, 0.3) is 0 Å². The minimum atomic E-state index is -0.606. The molecule has 0 saturated heterocycles. The van der Waals surface area contributed by atoms with Gasteiger partial charge in [-0.1, -0.05) is 12.1 Å². The van der Waals surface area contributed by atoms with Crippen molar-refractivity contribution in [2.24, 2.45) is 0 Å². The maximum atomic E-state index is 13.6. The normalized spacial score (nSPS) is 11.5. The van der Waals surface area contributed by atoms with Crippen LogP contribution in [0.2, 0.25) is 0 Å². The molecule has 0 atom stereocenters. The Balaban J connectivity index is 1.70. The Morgan fingerprint density at radius 3 is 2.30 bits per heavy atom. The van der Waals surface area contributed by atoms with E-state index in [9.17, 15) is 9.59 Å². The molecule has 1 amide bonds. The van der Waals surface area contributed by atoms with Crippen LogP contribution >= 0.6 is 0 Å². The Morgan fingerprint density at radius 2 is 1.70 bits per heavy atom. The summed E-state index contributed by atoms with van der Waals surface area (Å²) < 4.78 is 13.8. The number of imidazole rings is 1. The molecule has 0 aliphatic rings. The lowest BCUT2D eigenvalue weighted by atomic mass is 10.2. The van der Waals surface area contributed by atoms with Gasteiger partial charge in [-0.3, -0.25) is 14.5 Å². The van der Waals surface area contributed by atoms with Crippen molar-refractivity contribution in [1.29, 1.82) is 0 Å². The van der Waals surface area contributed by atoms with E-state index in [4.69, 9.17) is 9.47 Å². The number of methoxy groups -OCH3 is 1. The van der Waals surface area contributed by atoms with Crippen LogP contribution in [0.4, 0.5) is 16.3 Å². The number of rotatable bonds is 7. The fourth-order valence-electron chi connectivity index (χ4n) is 3.92. The molecule has 0 fully saturated rings. The molecule has 4 aromatic rings. The summed E-state index contributed by atoms with van der Waals surface area (Å²) in [6, 6.07) is 14.6. The van der Waals surface area contributed by atoms with Crippen molar-refractivity contribution in [3.8, 4) is 11.4 Å². The second kappa shape index (κ2) is 10.3. The van der Waals surface area contributed by atoms with Crippen molar-refractivity contribution >= 4 is 28.8 Å². The largest absolute Gasteiger partial charge is 0.497 e. The third-order valence-electron chi connectivity index (χ3n) is 5.56. The van der Waals surface area contributed by atoms with Gasteiger partial charge in [0.2, 0.25) is 0 Å². The molecule has 2 N–H and O–H groups in total. The van der Waals surface area contributed by atoms with Crippen molar-refractivity contribution in [1.82, 2.24) is 19.1 Å². The first-order chi connectivity index (χ1) is 17.6. The lowest BCUT2D eigenvalue weighted by Crippen LogP contribution is -2.27. The highest BCUT2D eigenvalue weighted by Gasteiger charge is 2.22. The lowest BCUT2D eigenvalue weighted by molar-refractivity contribution is 0.0636. The summed E-state index contributed by atoms with van der Waals surface area (Å²) in [7, 11) is 1.63. The van der Waals surface area contributed by atoms with E-state index in [1.54, 1.807) is 61.3 Å². The molecule has 0 radical (unpaired) electrons. The van der Waals surface area contributed by atoms with Crippen LogP contribution < -0.4 is 21.1 Å². The molecule has 0 bridgehead atoms. The number of anilines is 2. The van der Waals surface area contributed by atoms with Crippen molar-refractivity contribution in [2.75, 3.05) is 17.7 Å². The van der Waals surface area contributed by atoms with Crippen LogP contribution in [-0.2, 0) is 11.3 Å². The molecule has 37 heavy (non-hydrogen) atoms. The Morgan fingerprint density at radius 1 is 1.03 bits per heavy atom. The number of carbonyl (C=O) groups is 1. The molecule has 10 heteroatoms. The number of ether oxygens (including phenoxy) is 2. The first kappa shape index (κ1) is 25.7. The third-order valence-corrected chi connectivity index (χ3v) is 5.56. The van der Waals surface area contributed by atoms with Crippen LogP contribution in [0.25, 0.3) is 16.9 Å². The van der Waals surface area contributed by atoms with E-state index in [1.807, 2.05) is 38.1 Å². The molecule has 2 heterocycles. The van der Waals surface area contributed by atoms with Gasteiger partial charge in [0.15, 0.2) is 11.5 Å². The maximum absolute atomic E-state index is 13.6. The van der Waals surface area contributed by atoms with E-state index < -0.39 is 11.7 Å². The standard InChI is InChI=1S/C27H32N6O4/c1-17(2)32-24-22(23(29-16-30-24)28-15-18-7-13-21(36-6)14-8-18)33(26(32)35)20-11-9-19(10-12-20)31-25(34)37-27(3,4)5/h7-14,16-17H,15H2,1-6H3,(H,31,34)(H,28,29,30). The van der Waals surface area contributed by atoms with Gasteiger partial charge in [-0.2, -0.15) is 0 Å². The van der Waals surface area contributed by atoms with Gasteiger partial charge in [0.05, 0.1) is 12.8 Å². The highest BCUT2D eigenvalue weighted by molar-refractivity contribution is 5.87. The first-order valence-corrected chi connectivity index (χ1v) is 12.0. The topological polar surface area (TPSA) is 112 Å². The van der Waals surface area contributed by atoms with Gasteiger partial charge in [0.1, 0.15) is 23.2 Å². The fourth-order valence-corrected chi connectivity index (χ4v) is 3.92. The van der Waals surface area contributed by atoms with Gasteiger partial charge in [-0.15, -0.1) is 0 Å². The van der Waals surface area contributed by atoms with Gasteiger partial charge < -0.3 is 14.8 Å². The smallest absolute Gasteiger partial charge is 0.412 e. The summed E-state index contributed by atoms with van der Waals surface area (Å²) in [5.74, 6) is 1.31. The van der Waals surface area contributed by atoms with E-state index in [-0.39, 0.29) is 11.7 Å². The van der Waals surface area contributed by atoms with Crippen LogP contribution in [0.15, 0.2) is 59.7 Å². The number of benzene rings is 2. The Hall–Kier alpha value is -4.34. The molecule has 2 aromatic carbocycles. The monoisotopic (exact) mass is 504 g/mol. The van der Waals surface area contributed by atoms with Crippen LogP contribution in [0.3, 0.4) is 0 Å². The summed E-state index contributed by atoms with van der Waals surface area (Å²) in [4.78, 5) is 34.6. The molecule has 194 valence electrons. The van der Waals surface area contributed by atoms with Crippen molar-refractivity contribution in [3.63, 3.8) is 0 Å². The molecule has 0 aliphatic carbocycles. The van der Waals surface area contributed by atoms with Crippen LogP contribution in [0.5, 0.6) is 5.75 Å². The van der Waals surface area contributed by atoms with Crippen molar-refractivity contribution < 1.29 is 14.3 Å². The summed E-state index contributed by atoms with van der Waals surface area (Å²) in [5.41, 5.74) is 2.46. The fraction of sp³-hybridized carbons (Fsp3) is 0.333. The van der Waals surface area contributed by atoms with Crippen LogP contribution in [-0.4, -0.2) is 37.9 Å². The molecule has 2 aromatic heterocycles. The molecule has 0 spiro atoms. The van der Waals surface area contributed by atoms with Gasteiger partial charge in [-0.25, -0.2) is 19.6 Å². The highest BCUT2D eigenvalue weighted by Crippen LogP contribution is 2.25. The van der Waals surface area contributed by atoms with Crippen LogP contribution in [0.1, 0.15) is 46.2 Å². The zero-order chi connectivity index (χ0) is 26.7. The SMILES string of the molecule is COc1ccc(CNc2ncnc3c2n(-c2ccc(NC(=O)OC(C)(C)C)cc2)c(=O)n3C(C)C)cc1. The number of carbonyl (C=O) groups excluding carboxylic acids is 1. The molecule has 4 rings (SSSR count). The van der Waals surface area contributed by atoms with E-state index >= 15 is 0 Å². The number of fused-ring (bicyclic) bond motifs is 1. The van der Waals surface area contributed by atoms with E-state index in [0.29, 0.717) is 34.9 Å². The zero-order valence-electron chi connectivity index (χ0n) is 21.9. The number of hydrogen-bond donors (Lipinski definition) is 2. The summed E-state index contributed by atoms with van der Waals surface area (Å²) in [6.45, 7) is 9.77. The average Bonchev–Trinajstić information content (AvgIpc) is 3.15. The Kier molecular flexibility index (Phi) is 7.19. The predicted molar refractivity (Wildman–Crippen MR) is 144 cm³/mol. The van der Waals surface area contributed by atoms with Gasteiger partial charge in [0, 0.05) is 18.3 Å². The quantitative estimate of drug-likeness (QED) is 0.359. The Labute approximate surface area is 215 Å². The molecule has 0 aliphatic heterocycles. The van der Waals surface area contributed by atoms with Gasteiger partial charge in [-0.05, 0) is 76.6 Å². The zero-order valence-corrected chi connectivity index (χ0v) is 21.9. The second-order valence-electron chi connectivity index (χ2n) is 9.85. The third kappa shape index (κ3) is 5.74. The minimum Gasteiger partial charge on any atom is -0.497 e. The minimum absolute atomic E-state index is 0.117. The second-order valence-corrected chi connectivity index (χ2v) is 9.85. The average molecular weight is 505 g/mol. The van der Waals surface area contributed by atoms with Crippen LogP contribution in [0, 0.1) is 0 Å². The summed E-state index contributed by atoms with van der Waals surface area (Å²) in [6.07, 6.45) is 0.905. The van der Waals surface area contributed by atoms with Crippen molar-refractivity contribution in [2.45, 2.75) is 52.8 Å². The molecular weight excluding hydrogens is 472 g/mol. The lowest BCUT2D eigenvalue weighted by Gasteiger charge is -2.19. The summed E-state index contributed by atoms with van der Waals surface area (Å²) in [5, 5.41) is 6.06. The number of hydrogen-bond acceptors (Lipinski definition) is 7. The number of nitrogens with one attached hydrogen (secondary N) is 2.